The summed E-state index contributed by atoms with van der Waals surface area (Å²) >= 11 is 0. The maximum absolute atomic E-state index is 5.25. The van der Waals surface area contributed by atoms with E-state index in [1.165, 1.54) is 6.33 Å². The average Bonchev–Trinajstić information content (AvgIpc) is 3.33. The number of hydrogen-bond donors (Lipinski definition) is 0. The van der Waals surface area contributed by atoms with Crippen LogP contribution in [0.3, 0.4) is 0 Å². The van der Waals surface area contributed by atoms with Crippen molar-refractivity contribution in [2.75, 3.05) is 7.11 Å². The largest absolute Gasteiger partial charge is 0.497 e. The highest BCUT2D eigenvalue weighted by atomic mass is 16.5. The Morgan fingerprint density at radius 2 is 1.80 bits per heavy atom. The van der Waals surface area contributed by atoms with Crippen molar-refractivity contribution in [3.8, 4) is 22.7 Å². The lowest BCUT2D eigenvalue weighted by molar-refractivity contribution is 0.415. The lowest BCUT2D eigenvalue weighted by Gasteiger charge is -2.04. The molecule has 6 heteroatoms. The van der Waals surface area contributed by atoms with Gasteiger partial charge in [-0.1, -0.05) is 18.2 Å². The van der Waals surface area contributed by atoms with E-state index in [0.717, 1.165) is 28.3 Å². The number of para-hydroxylation sites is 1. The van der Waals surface area contributed by atoms with Gasteiger partial charge < -0.3 is 4.74 Å². The van der Waals surface area contributed by atoms with Crippen LogP contribution in [-0.2, 0) is 6.54 Å². The van der Waals surface area contributed by atoms with E-state index in [2.05, 4.69) is 10.1 Å². The molecule has 0 N–H and O–H groups in total. The summed E-state index contributed by atoms with van der Waals surface area (Å²) < 4.78 is 8.93. The molecule has 0 unspecified atom stereocenters. The average molecular weight is 331 g/mol. The van der Waals surface area contributed by atoms with Gasteiger partial charge in [0.25, 0.3) is 0 Å². The summed E-state index contributed by atoms with van der Waals surface area (Å²) in [7, 11) is 1.66. The Bertz CT molecular complexity index is 943. The highest BCUT2D eigenvalue weighted by molar-refractivity contribution is 5.64. The number of benzene rings is 2. The van der Waals surface area contributed by atoms with E-state index in [0.29, 0.717) is 6.54 Å². The highest BCUT2D eigenvalue weighted by Crippen LogP contribution is 2.26. The number of nitrogens with zero attached hydrogens (tertiary/aromatic N) is 5. The van der Waals surface area contributed by atoms with E-state index < -0.39 is 0 Å². The minimum Gasteiger partial charge on any atom is -0.497 e. The van der Waals surface area contributed by atoms with Gasteiger partial charge in [-0.3, -0.25) is 0 Å². The third kappa shape index (κ3) is 3.14. The first-order valence-corrected chi connectivity index (χ1v) is 7.94. The van der Waals surface area contributed by atoms with Crippen LogP contribution >= 0.6 is 0 Å². The summed E-state index contributed by atoms with van der Waals surface area (Å²) in [5.41, 5.74) is 4.04. The van der Waals surface area contributed by atoms with E-state index in [4.69, 9.17) is 9.84 Å². The SMILES string of the molecule is COc1ccc(-c2nn(-c3ccccc3)cc2Cn2cncn2)cc1. The van der Waals surface area contributed by atoms with Crippen LogP contribution < -0.4 is 4.74 Å². The Labute approximate surface area is 145 Å². The fourth-order valence-electron chi connectivity index (χ4n) is 2.72. The zero-order valence-corrected chi connectivity index (χ0v) is 13.8. The number of rotatable bonds is 5. The molecule has 25 heavy (non-hydrogen) atoms. The molecule has 0 radical (unpaired) electrons. The Hall–Kier alpha value is -3.41. The van der Waals surface area contributed by atoms with Gasteiger partial charge in [-0.15, -0.1) is 0 Å². The van der Waals surface area contributed by atoms with Gasteiger partial charge in [0.15, 0.2) is 0 Å². The number of hydrogen-bond acceptors (Lipinski definition) is 4. The van der Waals surface area contributed by atoms with Crippen LogP contribution in [0.1, 0.15) is 5.56 Å². The van der Waals surface area contributed by atoms with E-state index in [9.17, 15) is 0 Å². The van der Waals surface area contributed by atoms with Gasteiger partial charge in [-0.25, -0.2) is 14.3 Å². The smallest absolute Gasteiger partial charge is 0.137 e. The minimum absolute atomic E-state index is 0.605. The van der Waals surface area contributed by atoms with E-state index in [-0.39, 0.29) is 0 Å². The second-order valence-electron chi connectivity index (χ2n) is 5.60. The molecule has 0 fully saturated rings. The predicted octanol–water partition coefficient (Wildman–Crippen LogP) is 3.19. The molecule has 4 rings (SSSR count). The fraction of sp³-hybridized carbons (Fsp3) is 0.105. The molecule has 0 bridgehead atoms. The van der Waals surface area contributed by atoms with Crippen LogP contribution in [0.2, 0.25) is 0 Å². The Morgan fingerprint density at radius 3 is 2.48 bits per heavy atom. The van der Waals surface area contributed by atoms with Crippen molar-refractivity contribution >= 4 is 0 Å². The molecule has 0 saturated carbocycles. The van der Waals surface area contributed by atoms with Crippen LogP contribution in [0.25, 0.3) is 16.9 Å². The fourth-order valence-corrected chi connectivity index (χ4v) is 2.72. The Kier molecular flexibility index (Phi) is 4.00. The lowest BCUT2D eigenvalue weighted by Crippen LogP contribution is -2.00. The van der Waals surface area contributed by atoms with Gasteiger partial charge in [0.1, 0.15) is 18.4 Å². The number of ether oxygens (including phenoxy) is 1. The van der Waals surface area contributed by atoms with Crippen molar-refractivity contribution < 1.29 is 4.74 Å². The summed E-state index contributed by atoms with van der Waals surface area (Å²) in [6.45, 7) is 0.605. The summed E-state index contributed by atoms with van der Waals surface area (Å²) in [6.07, 6.45) is 5.28. The summed E-state index contributed by atoms with van der Waals surface area (Å²) in [6, 6.07) is 18.0. The van der Waals surface area contributed by atoms with Gasteiger partial charge in [0, 0.05) is 17.3 Å². The van der Waals surface area contributed by atoms with Crippen LogP contribution in [0.4, 0.5) is 0 Å². The number of methoxy groups -OCH3 is 1. The molecule has 0 aliphatic carbocycles. The first-order chi connectivity index (χ1) is 12.3. The van der Waals surface area contributed by atoms with Gasteiger partial charge in [0.05, 0.1) is 25.0 Å². The molecule has 0 aliphatic rings. The molecule has 0 spiro atoms. The monoisotopic (exact) mass is 331 g/mol. The van der Waals surface area contributed by atoms with Crippen molar-refractivity contribution in [3.05, 3.63) is 79.0 Å². The topological polar surface area (TPSA) is 57.8 Å². The molecule has 0 atom stereocenters. The molecule has 4 aromatic rings. The van der Waals surface area contributed by atoms with Crippen molar-refractivity contribution in [1.29, 1.82) is 0 Å². The maximum atomic E-state index is 5.25. The lowest BCUT2D eigenvalue weighted by atomic mass is 10.1. The molecular formula is C19H17N5O. The van der Waals surface area contributed by atoms with Crippen molar-refractivity contribution in [2.24, 2.45) is 0 Å². The second-order valence-corrected chi connectivity index (χ2v) is 5.60. The molecule has 2 heterocycles. The van der Waals surface area contributed by atoms with Crippen LogP contribution in [-0.4, -0.2) is 31.7 Å². The van der Waals surface area contributed by atoms with Crippen LogP contribution in [0.5, 0.6) is 5.75 Å². The molecule has 0 saturated heterocycles. The highest BCUT2D eigenvalue weighted by Gasteiger charge is 2.13. The molecule has 6 nitrogen and oxygen atoms in total. The molecule has 2 aromatic heterocycles. The standard InChI is InChI=1S/C19H17N5O/c1-25-18-9-7-15(8-10-18)19-16(11-23-14-20-13-21-23)12-24(22-19)17-5-3-2-4-6-17/h2-10,12-14H,11H2,1H3. The summed E-state index contributed by atoms with van der Waals surface area (Å²) in [5, 5.41) is 9.01. The molecule has 124 valence electrons. The van der Waals surface area contributed by atoms with Crippen molar-refractivity contribution in [1.82, 2.24) is 24.5 Å². The minimum atomic E-state index is 0.605. The predicted molar refractivity (Wildman–Crippen MR) is 94.7 cm³/mol. The third-order valence-electron chi connectivity index (χ3n) is 3.97. The third-order valence-corrected chi connectivity index (χ3v) is 3.97. The molecule has 0 aliphatic heterocycles. The van der Waals surface area contributed by atoms with Crippen LogP contribution in [0.15, 0.2) is 73.4 Å². The van der Waals surface area contributed by atoms with Crippen LogP contribution in [0, 0.1) is 0 Å². The summed E-state index contributed by atoms with van der Waals surface area (Å²) in [5.74, 6) is 0.823. The van der Waals surface area contributed by atoms with E-state index >= 15 is 0 Å². The summed E-state index contributed by atoms with van der Waals surface area (Å²) in [4.78, 5) is 4.02. The van der Waals surface area contributed by atoms with Crippen molar-refractivity contribution in [3.63, 3.8) is 0 Å². The second kappa shape index (κ2) is 6.60. The van der Waals surface area contributed by atoms with E-state index in [1.807, 2.05) is 65.5 Å². The first kappa shape index (κ1) is 15.1. The Morgan fingerprint density at radius 1 is 1.00 bits per heavy atom. The number of aromatic nitrogens is 5. The first-order valence-electron chi connectivity index (χ1n) is 7.94. The van der Waals surface area contributed by atoms with Crippen molar-refractivity contribution in [2.45, 2.75) is 6.54 Å². The molecule has 2 aromatic carbocycles. The van der Waals surface area contributed by atoms with Gasteiger partial charge >= 0.3 is 0 Å². The zero-order chi connectivity index (χ0) is 17.1. The van der Waals surface area contributed by atoms with Gasteiger partial charge in [-0.05, 0) is 36.4 Å². The quantitative estimate of drug-likeness (QED) is 0.563. The van der Waals surface area contributed by atoms with Gasteiger partial charge in [0.2, 0.25) is 0 Å². The normalized spacial score (nSPS) is 10.8. The van der Waals surface area contributed by atoms with E-state index in [1.54, 1.807) is 18.1 Å². The zero-order valence-electron chi connectivity index (χ0n) is 13.8. The molecule has 0 amide bonds. The maximum Gasteiger partial charge on any atom is 0.137 e. The van der Waals surface area contributed by atoms with Gasteiger partial charge in [-0.2, -0.15) is 10.2 Å². The Balaban J connectivity index is 1.78. The molecular weight excluding hydrogens is 314 g/mol.